The number of nitrogen functional groups attached to an aromatic ring is 1. The van der Waals surface area contributed by atoms with Gasteiger partial charge in [0.05, 0.1) is 19.8 Å². The number of nitrogens with zero attached hydrogens (tertiary/aromatic N) is 1. The maximum atomic E-state index is 13.0. The zero-order valence-electron chi connectivity index (χ0n) is 12.6. The van der Waals surface area contributed by atoms with Crippen LogP contribution in [0, 0.1) is 0 Å². The highest BCUT2D eigenvalue weighted by molar-refractivity contribution is 7.89. The van der Waals surface area contributed by atoms with Crippen molar-refractivity contribution in [1.82, 2.24) is 4.31 Å². The maximum Gasteiger partial charge on any atom is 0.247 e. The first-order valence-corrected chi connectivity index (χ1v) is 8.41. The topological polar surface area (TPSA) is 81.9 Å². The van der Waals surface area contributed by atoms with E-state index in [4.69, 9.17) is 15.2 Å². The van der Waals surface area contributed by atoms with Crippen molar-refractivity contribution in [3.05, 3.63) is 18.2 Å². The van der Waals surface area contributed by atoms with Crippen LogP contribution in [0.15, 0.2) is 23.1 Å². The molecule has 2 N–H and O–H groups in total. The summed E-state index contributed by atoms with van der Waals surface area (Å²) < 4.78 is 38.2. The molecular formula is C14H22N2O4S. The minimum atomic E-state index is -3.67. The largest absolute Gasteiger partial charge is 0.495 e. The highest BCUT2D eigenvalue weighted by atomic mass is 32.2. The Kier molecular flexibility index (Phi) is 4.75. The van der Waals surface area contributed by atoms with E-state index in [2.05, 4.69) is 0 Å². The van der Waals surface area contributed by atoms with Crippen molar-refractivity contribution in [3.8, 4) is 5.75 Å². The van der Waals surface area contributed by atoms with Crippen molar-refractivity contribution in [1.29, 1.82) is 0 Å². The van der Waals surface area contributed by atoms with Crippen LogP contribution in [0.2, 0.25) is 0 Å². The van der Waals surface area contributed by atoms with E-state index in [0.29, 0.717) is 31.0 Å². The van der Waals surface area contributed by atoms with E-state index in [-0.39, 0.29) is 17.0 Å². The molecule has 0 radical (unpaired) electrons. The maximum absolute atomic E-state index is 13.0. The van der Waals surface area contributed by atoms with Crippen LogP contribution in [-0.4, -0.2) is 45.1 Å². The molecule has 0 spiro atoms. The monoisotopic (exact) mass is 314 g/mol. The quantitative estimate of drug-likeness (QED) is 0.851. The fourth-order valence-electron chi connectivity index (χ4n) is 2.45. The summed E-state index contributed by atoms with van der Waals surface area (Å²) in [5.74, 6) is 0.304. The van der Waals surface area contributed by atoms with Crippen molar-refractivity contribution in [2.45, 2.75) is 37.3 Å². The van der Waals surface area contributed by atoms with Crippen LogP contribution in [0.25, 0.3) is 0 Å². The van der Waals surface area contributed by atoms with Crippen LogP contribution in [0.1, 0.15) is 20.3 Å². The number of nitrogens with two attached hydrogens (primary N) is 1. The fourth-order valence-corrected chi connectivity index (χ4v) is 4.40. The number of sulfonamides is 1. The fraction of sp³-hybridized carbons (Fsp3) is 0.571. The molecule has 0 saturated carbocycles. The van der Waals surface area contributed by atoms with E-state index in [1.165, 1.54) is 17.5 Å². The number of ether oxygens (including phenoxy) is 2. The molecule has 7 heteroatoms. The number of methoxy groups -OCH3 is 1. The lowest BCUT2D eigenvalue weighted by Gasteiger charge is -2.37. The summed E-state index contributed by atoms with van der Waals surface area (Å²) in [7, 11) is -2.22. The highest BCUT2D eigenvalue weighted by Gasteiger charge is 2.37. The number of morpholine rings is 1. The summed E-state index contributed by atoms with van der Waals surface area (Å²) in [5, 5.41) is 0. The van der Waals surface area contributed by atoms with Gasteiger partial charge in [-0.1, -0.05) is 6.92 Å². The van der Waals surface area contributed by atoms with Crippen molar-refractivity contribution in [2.24, 2.45) is 0 Å². The third-order valence-corrected chi connectivity index (χ3v) is 5.60. The molecule has 2 rings (SSSR count). The van der Waals surface area contributed by atoms with Gasteiger partial charge >= 0.3 is 0 Å². The first-order chi connectivity index (χ1) is 9.90. The molecule has 0 aromatic heterocycles. The third-order valence-electron chi connectivity index (χ3n) is 3.66. The minimum Gasteiger partial charge on any atom is -0.495 e. The Morgan fingerprint density at radius 2 is 2.19 bits per heavy atom. The standard InChI is InChI=1S/C14H22N2O4S/c1-4-12-9-20-10(2)8-16(12)21(17,18)14-7-11(15)5-6-13(14)19-3/h5-7,10,12H,4,8-9,15H2,1-3H3. The SMILES string of the molecule is CCC1COC(C)CN1S(=O)(=O)c1cc(N)ccc1OC. The third kappa shape index (κ3) is 3.14. The molecule has 1 fully saturated rings. The van der Waals surface area contributed by atoms with E-state index in [9.17, 15) is 8.42 Å². The number of hydrogen-bond donors (Lipinski definition) is 1. The Bertz CT molecular complexity index is 603. The van der Waals surface area contributed by atoms with E-state index < -0.39 is 10.0 Å². The Balaban J connectivity index is 2.47. The second-order valence-electron chi connectivity index (χ2n) is 5.19. The van der Waals surface area contributed by atoms with Crippen LogP contribution in [0.5, 0.6) is 5.75 Å². The van der Waals surface area contributed by atoms with Crippen LogP contribution in [-0.2, 0) is 14.8 Å². The van der Waals surface area contributed by atoms with Gasteiger partial charge in [0.2, 0.25) is 10.0 Å². The van der Waals surface area contributed by atoms with E-state index in [1.807, 2.05) is 13.8 Å². The number of hydrogen-bond acceptors (Lipinski definition) is 5. The lowest BCUT2D eigenvalue weighted by Crippen LogP contribution is -2.51. The van der Waals surface area contributed by atoms with Gasteiger partial charge in [0, 0.05) is 18.3 Å². The first kappa shape index (κ1) is 16.1. The predicted molar refractivity (Wildman–Crippen MR) is 80.8 cm³/mol. The molecule has 2 atom stereocenters. The second kappa shape index (κ2) is 6.21. The Morgan fingerprint density at radius 3 is 2.81 bits per heavy atom. The molecule has 2 unspecified atom stereocenters. The van der Waals surface area contributed by atoms with E-state index >= 15 is 0 Å². The average molecular weight is 314 g/mol. The molecule has 1 aromatic carbocycles. The summed E-state index contributed by atoms with van der Waals surface area (Å²) in [6.07, 6.45) is 0.561. The molecule has 1 aliphatic rings. The molecule has 1 saturated heterocycles. The molecule has 118 valence electrons. The number of benzene rings is 1. The molecule has 1 heterocycles. The Labute approximate surface area is 125 Å². The van der Waals surface area contributed by atoms with Crippen molar-refractivity contribution in [3.63, 3.8) is 0 Å². The lowest BCUT2D eigenvalue weighted by molar-refractivity contribution is -0.0230. The number of rotatable bonds is 4. The molecule has 21 heavy (non-hydrogen) atoms. The molecule has 6 nitrogen and oxygen atoms in total. The van der Waals surface area contributed by atoms with Crippen molar-refractivity contribution >= 4 is 15.7 Å². The van der Waals surface area contributed by atoms with Gasteiger partial charge in [0.15, 0.2) is 0 Å². The molecule has 0 bridgehead atoms. The second-order valence-corrected chi connectivity index (χ2v) is 7.05. The molecule has 0 aliphatic carbocycles. The Hall–Kier alpha value is -1.31. The van der Waals surface area contributed by atoms with E-state index in [1.54, 1.807) is 12.1 Å². The van der Waals surface area contributed by atoms with Crippen LogP contribution < -0.4 is 10.5 Å². The molecular weight excluding hydrogens is 292 g/mol. The molecule has 1 aromatic rings. The van der Waals surface area contributed by atoms with Crippen molar-refractivity contribution < 1.29 is 17.9 Å². The minimum absolute atomic E-state index is 0.109. The van der Waals surface area contributed by atoms with Crippen molar-refractivity contribution in [2.75, 3.05) is 26.0 Å². The summed E-state index contributed by atoms with van der Waals surface area (Å²) in [6, 6.07) is 4.47. The van der Waals surface area contributed by atoms with E-state index in [0.717, 1.165) is 0 Å². The zero-order chi connectivity index (χ0) is 15.6. The predicted octanol–water partition coefficient (Wildman–Crippen LogP) is 1.47. The van der Waals surface area contributed by atoms with Gasteiger partial charge < -0.3 is 15.2 Å². The van der Waals surface area contributed by atoms with Gasteiger partial charge in [-0.15, -0.1) is 0 Å². The molecule has 1 aliphatic heterocycles. The summed E-state index contributed by atoms with van der Waals surface area (Å²) in [4.78, 5) is 0.109. The van der Waals surface area contributed by atoms with Gasteiger partial charge in [-0.25, -0.2) is 8.42 Å². The lowest BCUT2D eigenvalue weighted by atomic mass is 10.2. The highest BCUT2D eigenvalue weighted by Crippen LogP contribution is 2.31. The van der Waals surface area contributed by atoms with Gasteiger partial charge in [-0.05, 0) is 31.5 Å². The number of anilines is 1. The first-order valence-electron chi connectivity index (χ1n) is 6.97. The van der Waals surface area contributed by atoms with Crippen LogP contribution in [0.4, 0.5) is 5.69 Å². The normalized spacial score (nSPS) is 24.0. The van der Waals surface area contributed by atoms with Gasteiger partial charge in [0.1, 0.15) is 10.6 Å². The van der Waals surface area contributed by atoms with Gasteiger partial charge in [-0.3, -0.25) is 0 Å². The van der Waals surface area contributed by atoms with Gasteiger partial charge in [-0.2, -0.15) is 4.31 Å². The van der Waals surface area contributed by atoms with Gasteiger partial charge in [0.25, 0.3) is 0 Å². The summed E-state index contributed by atoms with van der Waals surface area (Å²) in [6.45, 7) is 4.55. The van der Waals surface area contributed by atoms with Crippen LogP contribution >= 0.6 is 0 Å². The molecule has 0 amide bonds. The smallest absolute Gasteiger partial charge is 0.247 e. The zero-order valence-corrected chi connectivity index (χ0v) is 13.4. The van der Waals surface area contributed by atoms with Crippen LogP contribution in [0.3, 0.4) is 0 Å². The summed E-state index contributed by atoms with van der Waals surface area (Å²) in [5.41, 5.74) is 6.13. The Morgan fingerprint density at radius 1 is 1.48 bits per heavy atom. The summed E-state index contributed by atoms with van der Waals surface area (Å²) >= 11 is 0. The average Bonchev–Trinajstić information content (AvgIpc) is 2.47.